The average Bonchev–Trinajstić information content (AvgIpc) is 2.85. The van der Waals surface area contributed by atoms with Crippen molar-refractivity contribution in [2.75, 3.05) is 11.9 Å². The summed E-state index contributed by atoms with van der Waals surface area (Å²) < 4.78 is 7.03. The van der Waals surface area contributed by atoms with E-state index >= 15 is 0 Å². The van der Waals surface area contributed by atoms with Crippen molar-refractivity contribution in [3.63, 3.8) is 0 Å². The van der Waals surface area contributed by atoms with E-state index in [0.717, 1.165) is 15.2 Å². The van der Waals surface area contributed by atoms with Crippen LogP contribution in [0.15, 0.2) is 15.7 Å². The zero-order valence-electron chi connectivity index (χ0n) is 14.7. The molecular weight excluding hydrogens is 328 g/mol. The lowest BCUT2D eigenvalue weighted by atomic mass is 10.1. The minimum absolute atomic E-state index is 0.0655. The summed E-state index contributed by atoms with van der Waals surface area (Å²) in [6.45, 7) is 5.17. The SMILES string of the molecule is CCOC(=O)c1[nH]c(C)c(C(=O)Nc2cc(=O)n(C)c(=O)n2C)c1C. The average molecular weight is 348 g/mol. The Balaban J connectivity index is 2.42. The molecule has 2 N–H and O–H groups in total. The fraction of sp³-hybridized carbons (Fsp3) is 0.375. The second kappa shape index (κ2) is 6.80. The van der Waals surface area contributed by atoms with Crippen molar-refractivity contribution in [3.05, 3.63) is 49.4 Å². The second-order valence-corrected chi connectivity index (χ2v) is 5.57. The zero-order chi connectivity index (χ0) is 18.9. The van der Waals surface area contributed by atoms with Crippen molar-refractivity contribution in [2.24, 2.45) is 14.1 Å². The van der Waals surface area contributed by atoms with E-state index in [1.54, 1.807) is 20.8 Å². The molecule has 25 heavy (non-hydrogen) atoms. The van der Waals surface area contributed by atoms with Crippen LogP contribution in [-0.4, -0.2) is 32.6 Å². The minimum Gasteiger partial charge on any atom is -0.461 e. The number of rotatable bonds is 4. The lowest BCUT2D eigenvalue weighted by Gasteiger charge is -2.11. The maximum Gasteiger partial charge on any atom is 0.355 e. The number of aromatic amines is 1. The van der Waals surface area contributed by atoms with Gasteiger partial charge in [0.1, 0.15) is 11.5 Å². The van der Waals surface area contributed by atoms with Gasteiger partial charge in [-0.05, 0) is 26.3 Å². The highest BCUT2D eigenvalue weighted by Crippen LogP contribution is 2.20. The van der Waals surface area contributed by atoms with Gasteiger partial charge >= 0.3 is 11.7 Å². The molecule has 9 nitrogen and oxygen atoms in total. The normalized spacial score (nSPS) is 10.6. The molecule has 0 aliphatic heterocycles. The van der Waals surface area contributed by atoms with Crippen molar-refractivity contribution in [1.29, 1.82) is 0 Å². The maximum absolute atomic E-state index is 12.6. The highest BCUT2D eigenvalue weighted by Gasteiger charge is 2.23. The van der Waals surface area contributed by atoms with Gasteiger partial charge in [0.2, 0.25) is 0 Å². The standard InChI is InChI=1S/C16H20N4O5/c1-6-25-15(23)13-8(2)12(9(3)17-13)14(22)18-10-7-11(21)20(5)16(24)19(10)4/h7,17H,6H2,1-5H3,(H,18,22). The number of ether oxygens (including phenoxy) is 1. The molecule has 1 amide bonds. The van der Waals surface area contributed by atoms with Gasteiger partial charge in [0.15, 0.2) is 0 Å². The third-order valence-electron chi connectivity index (χ3n) is 3.91. The van der Waals surface area contributed by atoms with Gasteiger partial charge in [0.05, 0.1) is 12.2 Å². The van der Waals surface area contributed by atoms with Crippen LogP contribution in [0.4, 0.5) is 5.82 Å². The zero-order valence-corrected chi connectivity index (χ0v) is 14.7. The smallest absolute Gasteiger partial charge is 0.355 e. The number of anilines is 1. The van der Waals surface area contributed by atoms with Gasteiger partial charge in [-0.15, -0.1) is 0 Å². The Hall–Kier alpha value is -3.10. The summed E-state index contributed by atoms with van der Waals surface area (Å²) in [6, 6.07) is 1.16. The van der Waals surface area contributed by atoms with Crippen LogP contribution < -0.4 is 16.6 Å². The van der Waals surface area contributed by atoms with E-state index in [9.17, 15) is 19.2 Å². The Kier molecular flexibility index (Phi) is 4.96. The predicted octanol–water partition coefficient (Wildman–Crippen LogP) is 0.458. The number of aryl methyl sites for hydroxylation is 1. The van der Waals surface area contributed by atoms with Crippen LogP contribution >= 0.6 is 0 Å². The van der Waals surface area contributed by atoms with Gasteiger partial charge in [-0.25, -0.2) is 9.59 Å². The number of amides is 1. The van der Waals surface area contributed by atoms with Crippen molar-refractivity contribution in [3.8, 4) is 0 Å². The van der Waals surface area contributed by atoms with E-state index in [2.05, 4.69) is 10.3 Å². The summed E-state index contributed by atoms with van der Waals surface area (Å²) in [5, 5.41) is 2.54. The number of esters is 1. The number of nitrogens with one attached hydrogen (secondary N) is 2. The molecule has 0 aliphatic rings. The highest BCUT2D eigenvalue weighted by atomic mass is 16.5. The quantitative estimate of drug-likeness (QED) is 0.779. The number of aromatic nitrogens is 3. The Morgan fingerprint density at radius 2 is 1.84 bits per heavy atom. The van der Waals surface area contributed by atoms with Crippen molar-refractivity contribution >= 4 is 17.7 Å². The van der Waals surface area contributed by atoms with E-state index < -0.39 is 23.1 Å². The number of carbonyl (C=O) groups excluding carboxylic acids is 2. The van der Waals surface area contributed by atoms with Gasteiger partial charge in [0.25, 0.3) is 11.5 Å². The molecule has 0 atom stereocenters. The topological polar surface area (TPSA) is 115 Å². The molecule has 0 radical (unpaired) electrons. The van der Waals surface area contributed by atoms with Crippen LogP contribution in [0.1, 0.15) is 39.0 Å². The number of hydrogen-bond donors (Lipinski definition) is 2. The molecule has 2 heterocycles. The summed E-state index contributed by atoms with van der Waals surface area (Å²) in [6.07, 6.45) is 0. The third-order valence-corrected chi connectivity index (χ3v) is 3.91. The first-order valence-electron chi connectivity index (χ1n) is 7.63. The van der Waals surface area contributed by atoms with Gasteiger partial charge in [0, 0.05) is 25.9 Å². The first kappa shape index (κ1) is 18.2. The van der Waals surface area contributed by atoms with Gasteiger partial charge in [-0.1, -0.05) is 0 Å². The third kappa shape index (κ3) is 3.25. The highest BCUT2D eigenvalue weighted by molar-refractivity contribution is 6.07. The molecule has 0 spiro atoms. The maximum atomic E-state index is 12.6. The number of nitrogens with zero attached hydrogens (tertiary/aromatic N) is 2. The monoisotopic (exact) mass is 348 g/mol. The van der Waals surface area contributed by atoms with Gasteiger partial charge in [-0.2, -0.15) is 0 Å². The lowest BCUT2D eigenvalue weighted by Crippen LogP contribution is -2.38. The van der Waals surface area contributed by atoms with E-state index in [1.807, 2.05) is 0 Å². The lowest BCUT2D eigenvalue weighted by molar-refractivity contribution is 0.0519. The molecule has 0 unspecified atom stereocenters. The van der Waals surface area contributed by atoms with Crippen molar-refractivity contribution < 1.29 is 14.3 Å². The van der Waals surface area contributed by atoms with Crippen LogP contribution in [0.25, 0.3) is 0 Å². The molecule has 0 fully saturated rings. The molecule has 9 heteroatoms. The molecule has 0 aliphatic carbocycles. The first-order chi connectivity index (χ1) is 11.7. The Morgan fingerprint density at radius 3 is 2.44 bits per heavy atom. The summed E-state index contributed by atoms with van der Waals surface area (Å²) in [4.78, 5) is 51.1. The fourth-order valence-corrected chi connectivity index (χ4v) is 2.53. The number of carbonyl (C=O) groups is 2. The predicted molar refractivity (Wildman–Crippen MR) is 91.1 cm³/mol. The Bertz CT molecular complexity index is 964. The van der Waals surface area contributed by atoms with Crippen molar-refractivity contribution in [1.82, 2.24) is 14.1 Å². The minimum atomic E-state index is -0.558. The molecule has 0 saturated heterocycles. The molecule has 0 aromatic carbocycles. The van der Waals surface area contributed by atoms with Crippen LogP contribution in [0.3, 0.4) is 0 Å². The van der Waals surface area contributed by atoms with Crippen LogP contribution in [-0.2, 0) is 18.8 Å². The summed E-state index contributed by atoms with van der Waals surface area (Å²) >= 11 is 0. The van der Waals surface area contributed by atoms with Gasteiger partial charge in [-0.3, -0.25) is 18.7 Å². The number of H-pyrrole nitrogens is 1. The van der Waals surface area contributed by atoms with E-state index in [4.69, 9.17) is 4.74 Å². The van der Waals surface area contributed by atoms with E-state index in [-0.39, 0.29) is 23.7 Å². The molecular formula is C16H20N4O5. The largest absolute Gasteiger partial charge is 0.461 e. The Labute approximate surface area is 143 Å². The fourth-order valence-electron chi connectivity index (χ4n) is 2.53. The summed E-state index contributed by atoms with van der Waals surface area (Å²) in [5.41, 5.74) is 0.276. The van der Waals surface area contributed by atoms with E-state index in [1.165, 1.54) is 14.1 Å². The first-order valence-corrected chi connectivity index (χ1v) is 7.63. The summed E-state index contributed by atoms with van der Waals surface area (Å²) in [7, 11) is 2.79. The molecule has 2 rings (SSSR count). The number of hydrogen-bond acceptors (Lipinski definition) is 5. The summed E-state index contributed by atoms with van der Waals surface area (Å²) in [5.74, 6) is -1.02. The molecule has 2 aromatic rings. The van der Waals surface area contributed by atoms with Crippen LogP contribution in [0.2, 0.25) is 0 Å². The molecule has 0 bridgehead atoms. The second-order valence-electron chi connectivity index (χ2n) is 5.57. The van der Waals surface area contributed by atoms with Crippen LogP contribution in [0, 0.1) is 13.8 Å². The van der Waals surface area contributed by atoms with Gasteiger partial charge < -0.3 is 15.0 Å². The van der Waals surface area contributed by atoms with Crippen molar-refractivity contribution in [2.45, 2.75) is 20.8 Å². The van der Waals surface area contributed by atoms with Crippen LogP contribution in [0.5, 0.6) is 0 Å². The molecule has 2 aromatic heterocycles. The van der Waals surface area contributed by atoms with E-state index in [0.29, 0.717) is 11.3 Å². The molecule has 134 valence electrons. The Morgan fingerprint density at radius 1 is 1.20 bits per heavy atom. The molecule has 0 saturated carbocycles.